The molecule has 6 rings (SSSR count). The third-order valence-electron chi connectivity index (χ3n) is 8.20. The van der Waals surface area contributed by atoms with Crippen LogP contribution in [0.3, 0.4) is 0 Å². The van der Waals surface area contributed by atoms with E-state index in [2.05, 4.69) is 41.0 Å². The van der Waals surface area contributed by atoms with E-state index in [1.165, 1.54) is 5.56 Å². The second kappa shape index (κ2) is 9.35. The fourth-order valence-electron chi connectivity index (χ4n) is 5.64. The Kier molecular flexibility index (Phi) is 6.00. The van der Waals surface area contributed by atoms with Gasteiger partial charge in [0.05, 0.1) is 12.7 Å². The monoisotopic (exact) mass is 497 g/mol. The molecule has 2 heterocycles. The average Bonchev–Trinajstić information content (AvgIpc) is 3.30. The smallest absolute Gasteiger partial charge is 0.287 e. The van der Waals surface area contributed by atoms with Crippen molar-refractivity contribution >= 4 is 22.8 Å². The van der Waals surface area contributed by atoms with E-state index in [1.54, 1.807) is 6.07 Å². The summed E-state index contributed by atoms with van der Waals surface area (Å²) in [6.07, 6.45) is 6.21. The highest BCUT2D eigenvalue weighted by Crippen LogP contribution is 2.37. The summed E-state index contributed by atoms with van der Waals surface area (Å²) < 4.78 is 11.5. The van der Waals surface area contributed by atoms with E-state index >= 15 is 0 Å². The normalized spacial score (nSPS) is 21.8. The van der Waals surface area contributed by atoms with E-state index < -0.39 is 17.0 Å². The second-order valence-electron chi connectivity index (χ2n) is 10.8. The highest BCUT2D eigenvalue weighted by molar-refractivity contribution is 6.00. The highest BCUT2D eigenvalue weighted by atomic mass is 16.5. The predicted molar refractivity (Wildman–Crippen MR) is 139 cm³/mol. The molecule has 3 fully saturated rings. The van der Waals surface area contributed by atoms with Gasteiger partial charge in [0, 0.05) is 17.9 Å². The fraction of sp³-hybridized carbons (Fsp3) is 0.433. The lowest BCUT2D eigenvalue weighted by atomic mass is 9.80. The predicted octanol–water partition coefficient (Wildman–Crippen LogP) is 5.21. The van der Waals surface area contributed by atoms with Crippen LogP contribution in [-0.4, -0.2) is 36.1 Å². The standard InChI is InChI=1S/C30H31N3O4/c31-19-29(13-14-29)33-28(35)30(11-2-1-3-12-30)32-27(34)26-17-23-9-8-22(16-25(23)37-26)20-4-6-21(7-5-20)24-10-15-36-18-24/h4-9,16-17,24H,1-3,10-15,18H2,(H,32,34)(H,33,35). The van der Waals surface area contributed by atoms with Crippen molar-refractivity contribution in [1.29, 1.82) is 5.26 Å². The average molecular weight is 498 g/mol. The molecule has 3 aliphatic rings. The van der Waals surface area contributed by atoms with Crippen LogP contribution in [-0.2, 0) is 9.53 Å². The van der Waals surface area contributed by atoms with Crippen LogP contribution in [0.4, 0.5) is 0 Å². The largest absolute Gasteiger partial charge is 0.451 e. The van der Waals surface area contributed by atoms with E-state index in [4.69, 9.17) is 9.15 Å². The molecule has 2 saturated carbocycles. The Labute approximate surface area is 216 Å². The summed E-state index contributed by atoms with van der Waals surface area (Å²) in [6, 6.07) is 18.4. The first kappa shape index (κ1) is 23.7. The molecule has 0 radical (unpaired) electrons. The van der Waals surface area contributed by atoms with Gasteiger partial charge in [0.1, 0.15) is 16.7 Å². The molecule has 7 nitrogen and oxygen atoms in total. The maximum absolute atomic E-state index is 13.3. The molecule has 1 atom stereocenters. The highest BCUT2D eigenvalue weighted by Gasteiger charge is 2.50. The van der Waals surface area contributed by atoms with Crippen molar-refractivity contribution in [1.82, 2.24) is 10.6 Å². The van der Waals surface area contributed by atoms with Crippen molar-refractivity contribution in [2.45, 2.75) is 68.4 Å². The van der Waals surface area contributed by atoms with Crippen LogP contribution >= 0.6 is 0 Å². The zero-order valence-corrected chi connectivity index (χ0v) is 20.8. The minimum Gasteiger partial charge on any atom is -0.451 e. The van der Waals surface area contributed by atoms with Gasteiger partial charge in [-0.2, -0.15) is 5.26 Å². The first-order valence-corrected chi connectivity index (χ1v) is 13.3. The van der Waals surface area contributed by atoms with E-state index in [-0.39, 0.29) is 11.7 Å². The Morgan fingerprint density at radius 1 is 0.919 bits per heavy atom. The van der Waals surface area contributed by atoms with Crippen LogP contribution in [0.5, 0.6) is 0 Å². The molecular weight excluding hydrogens is 466 g/mol. The molecule has 2 aliphatic carbocycles. The molecule has 2 amide bonds. The lowest BCUT2D eigenvalue weighted by Crippen LogP contribution is -2.61. The minimum atomic E-state index is -1.02. The number of hydrogen-bond acceptors (Lipinski definition) is 5. The number of nitriles is 1. The van der Waals surface area contributed by atoms with Crippen molar-refractivity contribution in [2.24, 2.45) is 0 Å². The number of carbonyl (C=O) groups is 2. The molecule has 7 heteroatoms. The molecule has 2 N–H and O–H groups in total. The number of hydrogen-bond donors (Lipinski definition) is 2. The zero-order chi connectivity index (χ0) is 25.5. The van der Waals surface area contributed by atoms with Crippen LogP contribution in [0, 0.1) is 11.3 Å². The number of fused-ring (bicyclic) bond motifs is 1. The van der Waals surface area contributed by atoms with E-state index in [9.17, 15) is 14.9 Å². The molecule has 0 spiro atoms. The first-order chi connectivity index (χ1) is 18.0. The van der Waals surface area contributed by atoms with Gasteiger partial charge < -0.3 is 19.8 Å². The van der Waals surface area contributed by atoms with Gasteiger partial charge >= 0.3 is 0 Å². The Morgan fingerprint density at radius 2 is 1.68 bits per heavy atom. The summed E-state index contributed by atoms with van der Waals surface area (Å²) in [6.45, 7) is 1.61. The molecule has 1 aromatic heterocycles. The molecule has 37 heavy (non-hydrogen) atoms. The maximum Gasteiger partial charge on any atom is 0.287 e. The lowest BCUT2D eigenvalue weighted by Gasteiger charge is -2.37. The van der Waals surface area contributed by atoms with Crippen molar-refractivity contribution in [3.8, 4) is 17.2 Å². The van der Waals surface area contributed by atoms with Gasteiger partial charge in [-0.1, -0.05) is 55.7 Å². The maximum atomic E-state index is 13.3. The summed E-state index contributed by atoms with van der Waals surface area (Å²) in [4.78, 5) is 26.6. The molecule has 1 unspecified atom stereocenters. The molecule has 1 aliphatic heterocycles. The number of rotatable bonds is 6. The SMILES string of the molecule is N#CC1(NC(=O)C2(NC(=O)c3cc4ccc(-c5ccc(C6CCOC6)cc5)cc4o3)CCCCC2)CC1. The molecule has 1 saturated heterocycles. The second-order valence-corrected chi connectivity index (χ2v) is 10.8. The number of nitrogens with one attached hydrogen (secondary N) is 2. The van der Waals surface area contributed by atoms with Gasteiger partial charge in [-0.3, -0.25) is 9.59 Å². The van der Waals surface area contributed by atoms with Gasteiger partial charge in [-0.05, 0) is 60.9 Å². The summed E-state index contributed by atoms with van der Waals surface area (Å²) in [7, 11) is 0. The van der Waals surface area contributed by atoms with Gasteiger partial charge in [0.25, 0.3) is 5.91 Å². The Hall–Kier alpha value is -3.63. The fourth-order valence-corrected chi connectivity index (χ4v) is 5.64. The van der Waals surface area contributed by atoms with Crippen molar-refractivity contribution in [2.75, 3.05) is 13.2 Å². The van der Waals surface area contributed by atoms with Crippen LogP contribution in [0.1, 0.15) is 73.4 Å². The van der Waals surface area contributed by atoms with Gasteiger partial charge in [-0.15, -0.1) is 0 Å². The van der Waals surface area contributed by atoms with Crippen LogP contribution < -0.4 is 10.6 Å². The summed E-state index contributed by atoms with van der Waals surface area (Å²) in [5, 5.41) is 16.2. The molecular formula is C30H31N3O4. The number of furan rings is 1. The van der Waals surface area contributed by atoms with Crippen molar-refractivity contribution < 1.29 is 18.7 Å². The summed E-state index contributed by atoms with van der Waals surface area (Å²) in [5.74, 6) is -0.0137. The lowest BCUT2D eigenvalue weighted by molar-refractivity contribution is -0.129. The molecule has 0 bridgehead atoms. The van der Waals surface area contributed by atoms with E-state index in [0.29, 0.717) is 37.2 Å². The Morgan fingerprint density at radius 3 is 2.35 bits per heavy atom. The quantitative estimate of drug-likeness (QED) is 0.487. The van der Waals surface area contributed by atoms with Crippen molar-refractivity contribution in [3.63, 3.8) is 0 Å². The third kappa shape index (κ3) is 4.62. The van der Waals surface area contributed by atoms with Gasteiger partial charge in [0.15, 0.2) is 5.76 Å². The van der Waals surface area contributed by atoms with E-state index in [0.717, 1.165) is 55.4 Å². The zero-order valence-electron chi connectivity index (χ0n) is 20.8. The molecule has 2 aromatic carbocycles. The van der Waals surface area contributed by atoms with Gasteiger partial charge in [-0.25, -0.2) is 0 Å². The third-order valence-corrected chi connectivity index (χ3v) is 8.20. The number of nitrogens with zero attached hydrogens (tertiary/aromatic N) is 1. The summed E-state index contributed by atoms with van der Waals surface area (Å²) >= 11 is 0. The topological polar surface area (TPSA) is 104 Å². The van der Waals surface area contributed by atoms with Crippen LogP contribution in [0.2, 0.25) is 0 Å². The number of benzene rings is 2. The molecule has 3 aromatic rings. The van der Waals surface area contributed by atoms with Crippen LogP contribution in [0.15, 0.2) is 52.9 Å². The molecule has 190 valence electrons. The van der Waals surface area contributed by atoms with Gasteiger partial charge in [0.2, 0.25) is 5.91 Å². The number of carbonyl (C=O) groups excluding carboxylic acids is 2. The Balaban J connectivity index is 1.21. The Bertz CT molecular complexity index is 1370. The van der Waals surface area contributed by atoms with Crippen molar-refractivity contribution in [3.05, 3.63) is 59.9 Å². The van der Waals surface area contributed by atoms with E-state index in [1.807, 2.05) is 18.2 Å². The number of amides is 2. The van der Waals surface area contributed by atoms with Crippen LogP contribution in [0.25, 0.3) is 22.1 Å². The first-order valence-electron chi connectivity index (χ1n) is 13.3. The number of ether oxygens (including phenoxy) is 1. The summed E-state index contributed by atoms with van der Waals surface area (Å²) in [5.41, 5.74) is 2.22. The minimum absolute atomic E-state index is 0.183.